The van der Waals surface area contributed by atoms with E-state index < -0.39 is 24.1 Å². The van der Waals surface area contributed by atoms with Crippen LogP contribution in [0.2, 0.25) is 0 Å². The fourth-order valence-corrected chi connectivity index (χ4v) is 2.09. The number of aromatic nitrogens is 1. The van der Waals surface area contributed by atoms with Crippen molar-refractivity contribution in [3.63, 3.8) is 0 Å². The van der Waals surface area contributed by atoms with Crippen molar-refractivity contribution in [2.75, 3.05) is 20.1 Å². The van der Waals surface area contributed by atoms with Crippen LogP contribution >= 0.6 is 0 Å². The number of amides is 2. The first-order chi connectivity index (χ1) is 9.87. The molecule has 1 unspecified atom stereocenters. The minimum atomic E-state index is -2.40. The van der Waals surface area contributed by atoms with Crippen molar-refractivity contribution >= 4 is 17.8 Å². The molecule has 1 aromatic heterocycles. The predicted molar refractivity (Wildman–Crippen MR) is 69.6 cm³/mol. The molecule has 0 bridgehead atoms. The maximum atomic E-state index is 13.9. The van der Waals surface area contributed by atoms with Gasteiger partial charge in [-0.05, 0) is 12.1 Å². The van der Waals surface area contributed by atoms with Gasteiger partial charge in [-0.2, -0.15) is 0 Å². The Morgan fingerprint density at radius 1 is 1.43 bits per heavy atom. The van der Waals surface area contributed by atoms with Gasteiger partial charge in [0, 0.05) is 26.2 Å². The summed E-state index contributed by atoms with van der Waals surface area (Å²) < 4.78 is 13.9. The van der Waals surface area contributed by atoms with Gasteiger partial charge in [-0.15, -0.1) is 0 Å². The van der Waals surface area contributed by atoms with Gasteiger partial charge in [0.05, 0.1) is 12.1 Å². The molecule has 2 rings (SSSR count). The third-order valence-electron chi connectivity index (χ3n) is 3.36. The number of rotatable bonds is 3. The van der Waals surface area contributed by atoms with Crippen LogP contribution < -0.4 is 5.32 Å². The normalized spacial score (nSPS) is 21.1. The Balaban J connectivity index is 2.11. The molecule has 0 aromatic carbocycles. The number of carboxylic acid groups (broad SMARTS) is 1. The van der Waals surface area contributed by atoms with Crippen molar-refractivity contribution in [1.29, 1.82) is 0 Å². The molecule has 0 saturated carbocycles. The minimum absolute atomic E-state index is 0.0266. The molecule has 1 aliphatic rings. The standard InChI is InChI=1S/C13H14FN3O4/c1-15-10(18)9-3-2-8(6-16-9)11(19)17-5-4-13(14,7-17)12(20)21/h2-3,6H,4-5,7H2,1H3,(H,15,18)(H,20,21). The van der Waals surface area contributed by atoms with Gasteiger partial charge in [0.25, 0.3) is 11.8 Å². The van der Waals surface area contributed by atoms with Crippen molar-refractivity contribution in [3.05, 3.63) is 29.6 Å². The molecule has 112 valence electrons. The second-order valence-electron chi connectivity index (χ2n) is 4.76. The number of hydrogen-bond acceptors (Lipinski definition) is 4. The maximum Gasteiger partial charge on any atom is 0.343 e. The van der Waals surface area contributed by atoms with Crippen LogP contribution in [0.25, 0.3) is 0 Å². The predicted octanol–water partition coefficient (Wildman–Crippen LogP) is 0.0800. The van der Waals surface area contributed by atoms with Gasteiger partial charge in [-0.3, -0.25) is 14.6 Å². The molecular weight excluding hydrogens is 281 g/mol. The summed E-state index contributed by atoms with van der Waals surface area (Å²) in [6, 6.07) is 2.78. The quantitative estimate of drug-likeness (QED) is 0.822. The van der Waals surface area contributed by atoms with Crippen molar-refractivity contribution in [2.24, 2.45) is 0 Å². The molecule has 1 saturated heterocycles. The number of nitrogens with one attached hydrogen (secondary N) is 1. The average molecular weight is 295 g/mol. The SMILES string of the molecule is CNC(=O)c1ccc(C(=O)N2CCC(F)(C(=O)O)C2)cn1. The summed E-state index contributed by atoms with van der Waals surface area (Å²) in [6.45, 7) is -0.461. The number of halogens is 1. The number of aliphatic carboxylic acids is 1. The molecular formula is C13H14FN3O4. The van der Waals surface area contributed by atoms with Gasteiger partial charge in [-0.1, -0.05) is 0 Å². The van der Waals surface area contributed by atoms with E-state index in [2.05, 4.69) is 10.3 Å². The number of hydrogen-bond donors (Lipinski definition) is 2. The van der Waals surface area contributed by atoms with Crippen LogP contribution in [0.1, 0.15) is 27.3 Å². The summed E-state index contributed by atoms with van der Waals surface area (Å²) in [5, 5.41) is 11.2. The summed E-state index contributed by atoms with van der Waals surface area (Å²) in [5.74, 6) is -2.46. The Morgan fingerprint density at radius 3 is 2.62 bits per heavy atom. The lowest BCUT2D eigenvalue weighted by Gasteiger charge is -2.17. The Bertz CT molecular complexity index is 590. The van der Waals surface area contributed by atoms with Gasteiger partial charge in [0.2, 0.25) is 5.67 Å². The van der Waals surface area contributed by atoms with Gasteiger partial charge >= 0.3 is 5.97 Å². The lowest BCUT2D eigenvalue weighted by atomic mass is 10.1. The summed E-state index contributed by atoms with van der Waals surface area (Å²) >= 11 is 0. The molecule has 2 N–H and O–H groups in total. The molecule has 7 nitrogen and oxygen atoms in total. The van der Waals surface area contributed by atoms with Gasteiger partial charge in [-0.25, -0.2) is 9.18 Å². The molecule has 2 amide bonds. The Hall–Kier alpha value is -2.51. The Labute approximate surface area is 119 Å². The largest absolute Gasteiger partial charge is 0.479 e. The molecule has 1 aromatic rings. The molecule has 8 heteroatoms. The lowest BCUT2D eigenvalue weighted by molar-refractivity contribution is -0.149. The van der Waals surface area contributed by atoms with E-state index in [0.29, 0.717) is 0 Å². The van der Waals surface area contributed by atoms with Crippen LogP contribution in [0.15, 0.2) is 18.3 Å². The van der Waals surface area contributed by atoms with E-state index in [-0.39, 0.29) is 30.1 Å². The average Bonchev–Trinajstić information content (AvgIpc) is 2.90. The third kappa shape index (κ3) is 2.83. The molecule has 0 radical (unpaired) electrons. The number of pyridine rings is 1. The number of likely N-dealkylation sites (tertiary alicyclic amines) is 1. The summed E-state index contributed by atoms with van der Waals surface area (Å²) in [4.78, 5) is 39.2. The smallest absolute Gasteiger partial charge is 0.343 e. The van der Waals surface area contributed by atoms with Crippen molar-refractivity contribution in [3.8, 4) is 0 Å². The highest BCUT2D eigenvalue weighted by atomic mass is 19.1. The van der Waals surface area contributed by atoms with E-state index in [1.54, 1.807) is 0 Å². The van der Waals surface area contributed by atoms with Gasteiger partial charge in [0.1, 0.15) is 5.69 Å². The maximum absolute atomic E-state index is 13.9. The number of carbonyl (C=O) groups is 3. The molecule has 0 spiro atoms. The first-order valence-electron chi connectivity index (χ1n) is 6.27. The summed E-state index contributed by atoms with van der Waals surface area (Å²) in [7, 11) is 1.46. The van der Waals surface area contributed by atoms with Crippen LogP contribution in [-0.4, -0.2) is 58.6 Å². The second kappa shape index (κ2) is 5.47. The van der Waals surface area contributed by atoms with E-state index in [1.165, 1.54) is 25.4 Å². The molecule has 21 heavy (non-hydrogen) atoms. The van der Waals surface area contributed by atoms with E-state index in [0.717, 1.165) is 4.90 Å². The zero-order valence-corrected chi connectivity index (χ0v) is 11.3. The van der Waals surface area contributed by atoms with Crippen LogP contribution in [0, 0.1) is 0 Å². The van der Waals surface area contributed by atoms with Crippen LogP contribution in [-0.2, 0) is 4.79 Å². The number of alkyl halides is 1. The van der Waals surface area contributed by atoms with Crippen LogP contribution in [0.3, 0.4) is 0 Å². The number of nitrogens with zero attached hydrogens (tertiary/aromatic N) is 2. The topological polar surface area (TPSA) is 99.6 Å². The van der Waals surface area contributed by atoms with Crippen molar-refractivity contribution in [2.45, 2.75) is 12.1 Å². The minimum Gasteiger partial charge on any atom is -0.479 e. The van der Waals surface area contributed by atoms with Gasteiger partial charge in [0.15, 0.2) is 0 Å². The van der Waals surface area contributed by atoms with Crippen molar-refractivity contribution < 1.29 is 23.9 Å². The molecule has 1 atom stereocenters. The highest BCUT2D eigenvalue weighted by molar-refractivity contribution is 5.96. The Kier molecular flexibility index (Phi) is 3.88. The van der Waals surface area contributed by atoms with Gasteiger partial charge < -0.3 is 15.3 Å². The van der Waals surface area contributed by atoms with E-state index in [1.807, 2.05) is 0 Å². The monoisotopic (exact) mass is 295 g/mol. The third-order valence-corrected chi connectivity index (χ3v) is 3.36. The van der Waals surface area contributed by atoms with E-state index >= 15 is 0 Å². The summed E-state index contributed by atoms with van der Waals surface area (Å²) in [6.07, 6.45) is 0.976. The summed E-state index contributed by atoms with van der Waals surface area (Å²) in [5.41, 5.74) is -2.07. The Morgan fingerprint density at radius 2 is 2.14 bits per heavy atom. The first-order valence-corrected chi connectivity index (χ1v) is 6.27. The molecule has 1 aliphatic heterocycles. The fraction of sp³-hybridized carbons (Fsp3) is 0.385. The highest BCUT2D eigenvalue weighted by Crippen LogP contribution is 2.27. The molecule has 1 fully saturated rings. The number of carboxylic acids is 1. The first kappa shape index (κ1) is 14.9. The van der Waals surface area contributed by atoms with Crippen molar-refractivity contribution in [1.82, 2.24) is 15.2 Å². The van der Waals surface area contributed by atoms with E-state index in [9.17, 15) is 18.8 Å². The number of carbonyl (C=O) groups excluding carboxylic acids is 2. The zero-order chi connectivity index (χ0) is 15.6. The van der Waals surface area contributed by atoms with Crippen LogP contribution in [0.4, 0.5) is 4.39 Å². The van der Waals surface area contributed by atoms with Crippen LogP contribution in [0.5, 0.6) is 0 Å². The second-order valence-corrected chi connectivity index (χ2v) is 4.76. The fourth-order valence-electron chi connectivity index (χ4n) is 2.09. The molecule has 0 aliphatic carbocycles. The highest BCUT2D eigenvalue weighted by Gasteiger charge is 2.47. The van der Waals surface area contributed by atoms with E-state index in [4.69, 9.17) is 5.11 Å². The zero-order valence-electron chi connectivity index (χ0n) is 11.3. The lowest BCUT2D eigenvalue weighted by Crippen LogP contribution is -2.39. The molecule has 2 heterocycles.